The van der Waals surface area contributed by atoms with Crippen LogP contribution in [0.1, 0.15) is 80.8 Å². The van der Waals surface area contributed by atoms with Crippen molar-refractivity contribution in [2.45, 2.75) is 69.6 Å². The third-order valence-electron chi connectivity index (χ3n) is 10.0. The maximum absolute atomic E-state index is 5.26. The van der Waals surface area contributed by atoms with E-state index in [1.54, 1.807) is 14.2 Å². The Morgan fingerprint density at radius 3 is 1.22 bits per heavy atom. The van der Waals surface area contributed by atoms with Crippen LogP contribution in [0.5, 0.6) is 11.5 Å². The van der Waals surface area contributed by atoms with E-state index in [9.17, 15) is 0 Å². The van der Waals surface area contributed by atoms with Crippen molar-refractivity contribution in [1.82, 2.24) is 0 Å². The zero-order valence-corrected chi connectivity index (χ0v) is 34.7. The Bertz CT molecular complexity index is 1720. The molecule has 2 aliphatic rings. The van der Waals surface area contributed by atoms with Crippen molar-refractivity contribution in [1.29, 1.82) is 0 Å². The van der Waals surface area contributed by atoms with E-state index in [-0.39, 0.29) is 50.7 Å². The summed E-state index contributed by atoms with van der Waals surface area (Å²) in [7, 11) is 3.42. The molecule has 0 saturated heterocycles. The fourth-order valence-corrected chi connectivity index (χ4v) is 7.55. The van der Waals surface area contributed by atoms with Gasteiger partial charge in [0.1, 0.15) is 11.5 Å². The van der Waals surface area contributed by atoms with Crippen LogP contribution >= 0.6 is 24.8 Å². The minimum Gasteiger partial charge on any atom is -0.497 e. The average molecular weight is 872 g/mol. The summed E-state index contributed by atoms with van der Waals surface area (Å²) >= 11 is 0. The molecule has 0 N–H and O–H groups in total. The molecule has 8 rings (SSSR count). The van der Waals surface area contributed by atoms with Gasteiger partial charge in [-0.3, -0.25) is 0 Å². The number of hydrogen-bond donors (Lipinski definition) is 0. The van der Waals surface area contributed by atoms with Crippen molar-refractivity contribution >= 4 is 46.4 Å². The number of fused-ring (bicyclic) bond motifs is 2. The molecule has 0 bridgehead atoms. The van der Waals surface area contributed by atoms with Crippen LogP contribution in [0, 0.1) is 13.8 Å². The predicted octanol–water partition coefficient (Wildman–Crippen LogP) is 13.7. The van der Waals surface area contributed by atoms with Crippen molar-refractivity contribution in [2.75, 3.05) is 14.2 Å². The Labute approximate surface area is 331 Å². The second-order valence-electron chi connectivity index (χ2n) is 13.0. The summed E-state index contributed by atoms with van der Waals surface area (Å²) in [6.45, 7) is 6.75. The van der Waals surface area contributed by atoms with Crippen molar-refractivity contribution in [3.63, 3.8) is 0 Å². The van der Waals surface area contributed by atoms with Crippen LogP contribution in [0.25, 0.3) is 43.8 Å². The van der Waals surface area contributed by atoms with Gasteiger partial charge in [-0.25, -0.2) is 0 Å². The van der Waals surface area contributed by atoms with E-state index < -0.39 is 0 Å². The van der Waals surface area contributed by atoms with Gasteiger partial charge >= 0.3 is 25.8 Å². The standard InChI is InChI=1S/2C21H21O.C3H6.2ClH.Hf/c2*1-22-19-11-9-16(10-12-19)20-8-4-7-17-13-18(14-21(17)20)15-5-2-3-6-15;1-3-2;;;/h2*4,7-15H,2-3,5-6H2,1H3;1-3H2;2*1H;/q2*-1;-2;;;+4. The van der Waals surface area contributed by atoms with Crippen LogP contribution in [-0.4, -0.2) is 14.2 Å². The van der Waals surface area contributed by atoms with Crippen LogP contribution in [0.4, 0.5) is 0 Å². The number of hydrogen-bond acceptors (Lipinski definition) is 2. The van der Waals surface area contributed by atoms with Crippen molar-refractivity contribution in [2.24, 2.45) is 0 Å². The molecule has 0 unspecified atom stereocenters. The zero-order valence-electron chi connectivity index (χ0n) is 29.5. The van der Waals surface area contributed by atoms with E-state index in [0.717, 1.165) is 29.8 Å². The molecule has 2 nitrogen and oxygen atoms in total. The first-order valence-electron chi connectivity index (χ1n) is 17.4. The van der Waals surface area contributed by atoms with E-state index in [4.69, 9.17) is 9.47 Å². The molecule has 0 radical (unpaired) electrons. The summed E-state index contributed by atoms with van der Waals surface area (Å²) in [6, 6.07) is 39.6. The Hall–Kier alpha value is -2.85. The van der Waals surface area contributed by atoms with E-state index >= 15 is 0 Å². The van der Waals surface area contributed by atoms with Crippen LogP contribution in [-0.2, 0) is 25.8 Å². The Kier molecular flexibility index (Phi) is 16.8. The number of ether oxygens (including phenoxy) is 2. The first kappa shape index (κ1) is 41.6. The van der Waals surface area contributed by atoms with Crippen molar-refractivity contribution in [3.05, 3.63) is 134 Å². The molecular formula is C45H50Cl2HfO2. The van der Waals surface area contributed by atoms with E-state index in [2.05, 4.69) is 98.8 Å². The number of benzene rings is 4. The molecule has 50 heavy (non-hydrogen) atoms. The SMILES string of the molecule is COc1ccc(-c2cccc3[cH-]c(C4CCCC4)cc23)cc1.COc1ccc(-c2cccc3[cH-]c(C4CCCC4)cc23)cc1.Cl.Cl.[CH2-]C[CH2-].[Hf+4]. The van der Waals surface area contributed by atoms with Crippen molar-refractivity contribution < 1.29 is 35.3 Å². The maximum atomic E-state index is 5.26. The summed E-state index contributed by atoms with van der Waals surface area (Å²) in [5, 5.41) is 5.51. The molecule has 0 spiro atoms. The monoisotopic (exact) mass is 872 g/mol. The van der Waals surface area contributed by atoms with E-state index in [1.165, 1.54) is 106 Å². The first-order chi connectivity index (χ1) is 23.1. The van der Waals surface area contributed by atoms with Gasteiger partial charge in [0, 0.05) is 0 Å². The van der Waals surface area contributed by atoms with E-state index in [1.807, 2.05) is 24.3 Å². The molecule has 6 aromatic carbocycles. The minimum absolute atomic E-state index is 0. The molecule has 0 atom stereocenters. The summed E-state index contributed by atoms with van der Waals surface area (Å²) in [6.07, 6.45) is 11.7. The summed E-state index contributed by atoms with van der Waals surface area (Å²) in [5.74, 6) is 3.36. The van der Waals surface area contributed by atoms with Crippen LogP contribution in [0.15, 0.2) is 109 Å². The van der Waals surface area contributed by atoms with Gasteiger partial charge in [-0.2, -0.15) is 12.1 Å². The van der Waals surface area contributed by atoms with Crippen LogP contribution in [0.3, 0.4) is 0 Å². The van der Waals surface area contributed by atoms with Gasteiger partial charge < -0.3 is 29.7 Å². The molecular weight excluding hydrogens is 822 g/mol. The Balaban J connectivity index is 0.000000238. The Morgan fingerprint density at radius 2 is 0.900 bits per heavy atom. The van der Waals surface area contributed by atoms with Gasteiger partial charge in [-0.1, -0.05) is 73.2 Å². The first-order valence-corrected chi connectivity index (χ1v) is 17.4. The summed E-state index contributed by atoms with van der Waals surface area (Å²) in [5.41, 5.74) is 8.24. The number of rotatable bonds is 6. The minimum atomic E-state index is 0. The van der Waals surface area contributed by atoms with Gasteiger partial charge in [0.05, 0.1) is 14.2 Å². The molecule has 5 heteroatoms. The molecule has 0 amide bonds. The second kappa shape index (κ2) is 20.3. The zero-order chi connectivity index (χ0) is 32.6. The quantitative estimate of drug-likeness (QED) is 0.123. The summed E-state index contributed by atoms with van der Waals surface area (Å²) < 4.78 is 10.5. The fourth-order valence-electron chi connectivity index (χ4n) is 7.55. The van der Waals surface area contributed by atoms with Gasteiger partial charge in [0.15, 0.2) is 0 Å². The van der Waals surface area contributed by atoms with Crippen LogP contribution in [0.2, 0.25) is 0 Å². The number of methoxy groups -OCH3 is 2. The predicted molar refractivity (Wildman–Crippen MR) is 215 cm³/mol. The van der Waals surface area contributed by atoms with Gasteiger partial charge in [0.2, 0.25) is 0 Å². The second-order valence-corrected chi connectivity index (χ2v) is 13.0. The molecule has 0 aromatic heterocycles. The molecule has 2 fully saturated rings. The fraction of sp³-hybridized carbons (Fsp3) is 0.289. The largest absolute Gasteiger partial charge is 4.00 e. The Morgan fingerprint density at radius 1 is 0.560 bits per heavy atom. The maximum Gasteiger partial charge on any atom is 4.00 e. The molecule has 6 aromatic rings. The van der Waals surface area contributed by atoms with Gasteiger partial charge in [-0.15, -0.1) is 93.9 Å². The molecule has 0 heterocycles. The van der Waals surface area contributed by atoms with Crippen LogP contribution < -0.4 is 9.47 Å². The number of halogens is 2. The third kappa shape index (κ3) is 9.72. The molecule has 2 aliphatic carbocycles. The van der Waals surface area contributed by atoms with Crippen molar-refractivity contribution in [3.8, 4) is 33.8 Å². The van der Waals surface area contributed by atoms with Gasteiger partial charge in [0.25, 0.3) is 0 Å². The third-order valence-corrected chi connectivity index (χ3v) is 10.0. The van der Waals surface area contributed by atoms with E-state index in [0.29, 0.717) is 0 Å². The normalized spacial score (nSPS) is 14.0. The summed E-state index contributed by atoms with van der Waals surface area (Å²) in [4.78, 5) is 0. The molecule has 0 aliphatic heterocycles. The van der Waals surface area contributed by atoms with Gasteiger partial charge in [-0.05, 0) is 72.9 Å². The molecule has 2 saturated carbocycles. The smallest absolute Gasteiger partial charge is 0.497 e. The topological polar surface area (TPSA) is 18.5 Å². The molecule has 260 valence electrons. The average Bonchev–Trinajstić information content (AvgIpc) is 3.95.